The maximum Gasteiger partial charge on any atom is 0.449 e. The van der Waals surface area contributed by atoms with Gasteiger partial charge in [0.15, 0.2) is 0 Å². The molecule has 1 saturated heterocycles. The van der Waals surface area contributed by atoms with Crippen LogP contribution in [0, 0.1) is 0 Å². The normalized spacial score (nSPS) is 14.0. The molecule has 72 heavy (non-hydrogen) atoms. The molecule has 0 bridgehead atoms. The molecule has 372 valence electrons. The van der Waals surface area contributed by atoms with Crippen molar-refractivity contribution in [3.8, 4) is 0 Å². The predicted octanol–water partition coefficient (Wildman–Crippen LogP) is 9.50. The Morgan fingerprint density at radius 3 is 0.556 bits per heavy atom. The molecular weight excluding hydrogens is 987 g/mol. The van der Waals surface area contributed by atoms with Gasteiger partial charge >= 0.3 is 58.6 Å². The van der Waals surface area contributed by atoms with E-state index in [1.54, 1.807) is 109 Å². The first-order valence-electron chi connectivity index (χ1n) is 22.4. The lowest BCUT2D eigenvalue weighted by molar-refractivity contribution is 0.0588. The van der Waals surface area contributed by atoms with Crippen LogP contribution < -0.4 is 0 Å². The van der Waals surface area contributed by atoms with Gasteiger partial charge in [-0.1, -0.05) is 109 Å². The first-order valence-corrected chi connectivity index (χ1v) is 27.5. The summed E-state index contributed by atoms with van der Waals surface area (Å²) in [6, 6.07) is 45.6. The SMILES string of the molecule is O=C(OP(=O)(CN1CCN(CP(=O)(OC(=O)c2ccccc2)OC(=O)c2ccccc2)CCN(CP(=O)(OC(=O)c2ccccc2)OC(=O)c2ccccc2)CC1)OC(=O)c1ccccc1)c1ccccc1. The molecule has 0 aliphatic carbocycles. The highest BCUT2D eigenvalue weighted by Gasteiger charge is 2.41. The van der Waals surface area contributed by atoms with Gasteiger partial charge in [0.25, 0.3) is 0 Å². The van der Waals surface area contributed by atoms with Crippen LogP contribution in [-0.2, 0) is 40.8 Å². The summed E-state index contributed by atoms with van der Waals surface area (Å²) in [4.78, 5) is 85.7. The third-order valence-electron chi connectivity index (χ3n) is 10.7. The summed E-state index contributed by atoms with van der Waals surface area (Å²) in [5, 5.41) is 0. The molecule has 7 rings (SSSR count). The monoisotopic (exact) mass is 1040 g/mol. The summed E-state index contributed by atoms with van der Waals surface area (Å²) in [5.41, 5.74) is 0.0389. The fraction of sp³-hybridized carbons (Fsp3) is 0.176. The molecule has 1 fully saturated rings. The fourth-order valence-electron chi connectivity index (χ4n) is 7.09. The molecule has 0 spiro atoms. The molecule has 0 amide bonds. The van der Waals surface area contributed by atoms with Crippen LogP contribution in [0.4, 0.5) is 0 Å². The molecule has 0 N–H and O–H groups in total. The van der Waals surface area contributed by atoms with Crippen molar-refractivity contribution >= 4 is 58.6 Å². The summed E-state index contributed by atoms with van der Waals surface area (Å²) in [5.74, 6) is -6.36. The maximum atomic E-state index is 14.9. The molecule has 18 nitrogen and oxygen atoms in total. The summed E-state index contributed by atoms with van der Waals surface area (Å²) in [6.45, 7) is -0.628. The van der Waals surface area contributed by atoms with Crippen LogP contribution in [0.15, 0.2) is 182 Å². The Hall–Kier alpha value is -7.29. The van der Waals surface area contributed by atoms with Crippen molar-refractivity contribution in [2.45, 2.75) is 0 Å². The molecule has 6 aromatic carbocycles. The Balaban J connectivity index is 1.23. The number of hydrogen-bond donors (Lipinski definition) is 0. The topological polar surface area (TPSA) is 219 Å². The maximum absolute atomic E-state index is 14.9. The van der Waals surface area contributed by atoms with Crippen LogP contribution >= 0.6 is 22.8 Å². The molecule has 1 heterocycles. The van der Waals surface area contributed by atoms with E-state index in [-0.39, 0.29) is 72.6 Å². The number of benzene rings is 6. The van der Waals surface area contributed by atoms with Gasteiger partial charge in [-0.15, -0.1) is 0 Å². The fourth-order valence-corrected chi connectivity index (χ4v) is 12.0. The van der Waals surface area contributed by atoms with Gasteiger partial charge in [0.1, 0.15) is 18.9 Å². The number of carbonyl (C=O) groups excluding carboxylic acids is 6. The van der Waals surface area contributed by atoms with Crippen molar-refractivity contribution < 1.29 is 69.6 Å². The number of hydrogen-bond acceptors (Lipinski definition) is 18. The summed E-state index contributed by atoms with van der Waals surface area (Å²) >= 11 is 0. The Bertz CT molecular complexity index is 2470. The molecule has 1 aliphatic heterocycles. The lowest BCUT2D eigenvalue weighted by atomic mass is 10.2. The van der Waals surface area contributed by atoms with Crippen LogP contribution in [0.3, 0.4) is 0 Å². The van der Waals surface area contributed by atoms with Gasteiger partial charge < -0.3 is 27.1 Å². The van der Waals surface area contributed by atoms with Gasteiger partial charge in [0.05, 0.1) is 33.4 Å². The van der Waals surface area contributed by atoms with Gasteiger partial charge in [-0.3, -0.25) is 14.7 Å². The average Bonchev–Trinajstić information content (AvgIpc) is 3.47. The zero-order valence-electron chi connectivity index (χ0n) is 38.5. The Morgan fingerprint density at radius 1 is 0.278 bits per heavy atom. The van der Waals surface area contributed by atoms with E-state index in [9.17, 15) is 42.5 Å². The van der Waals surface area contributed by atoms with E-state index in [0.717, 1.165) is 0 Å². The predicted molar refractivity (Wildman–Crippen MR) is 263 cm³/mol. The van der Waals surface area contributed by atoms with Crippen LogP contribution in [0.25, 0.3) is 0 Å². The molecule has 0 unspecified atom stereocenters. The van der Waals surface area contributed by atoms with E-state index in [0.29, 0.717) is 0 Å². The molecule has 6 aromatic rings. The summed E-state index contributed by atoms with van der Waals surface area (Å²) in [6.07, 6.45) is -2.13. The smallest absolute Gasteiger partial charge is 0.378 e. The van der Waals surface area contributed by atoms with Crippen LogP contribution in [0.2, 0.25) is 0 Å². The lowest BCUT2D eigenvalue weighted by Crippen LogP contribution is -2.38. The highest BCUT2D eigenvalue weighted by atomic mass is 31.2. The minimum atomic E-state index is -4.81. The summed E-state index contributed by atoms with van der Waals surface area (Å²) in [7, 11) is -14.4. The van der Waals surface area contributed by atoms with Gasteiger partial charge in [0, 0.05) is 39.3 Å². The van der Waals surface area contributed by atoms with E-state index >= 15 is 0 Å². The standard InChI is InChI=1S/C51H48N3O15P3/c55-46(40-19-7-1-8-20-40)64-70(61,65-47(56)41-21-9-2-10-22-41)37-52-31-33-53(38-71(62,66-48(57)42-23-11-3-12-24-42)67-49(58)43-25-13-4-14-26-43)35-36-54(34-32-52)39-72(63,68-50(59)44-27-15-5-16-28-44)69-51(60)45-29-17-6-18-30-45/h1-30H,31-39H2. The molecule has 0 atom stereocenters. The number of rotatable bonds is 18. The van der Waals surface area contributed by atoms with E-state index in [2.05, 4.69) is 0 Å². The van der Waals surface area contributed by atoms with Crippen LogP contribution in [0.1, 0.15) is 62.1 Å². The molecular formula is C51H48N3O15P3. The Morgan fingerprint density at radius 2 is 0.417 bits per heavy atom. The van der Waals surface area contributed by atoms with Crippen molar-refractivity contribution in [1.82, 2.24) is 14.7 Å². The third kappa shape index (κ3) is 15.4. The van der Waals surface area contributed by atoms with Crippen molar-refractivity contribution in [1.29, 1.82) is 0 Å². The highest BCUT2D eigenvalue weighted by molar-refractivity contribution is 7.55. The second-order valence-electron chi connectivity index (χ2n) is 16.1. The Labute approximate surface area is 415 Å². The number of nitrogens with zero attached hydrogens (tertiary/aromatic N) is 3. The van der Waals surface area contributed by atoms with E-state index in [1.807, 2.05) is 0 Å². The van der Waals surface area contributed by atoms with Crippen molar-refractivity contribution in [2.24, 2.45) is 0 Å². The van der Waals surface area contributed by atoms with Gasteiger partial charge in [-0.05, 0) is 72.8 Å². The van der Waals surface area contributed by atoms with E-state index in [4.69, 9.17) is 27.1 Å². The van der Waals surface area contributed by atoms with E-state index in [1.165, 1.54) is 87.5 Å². The minimum absolute atomic E-state index is 0.00649. The third-order valence-corrected chi connectivity index (χ3v) is 15.6. The average molecular weight is 1040 g/mol. The largest absolute Gasteiger partial charge is 0.449 e. The second-order valence-corrected chi connectivity index (χ2v) is 21.7. The highest BCUT2D eigenvalue weighted by Crippen LogP contribution is 2.53. The lowest BCUT2D eigenvalue weighted by Gasteiger charge is -2.29. The quantitative estimate of drug-likeness (QED) is 0.0732. The van der Waals surface area contributed by atoms with Crippen molar-refractivity contribution in [3.63, 3.8) is 0 Å². The zero-order chi connectivity index (χ0) is 51.0. The van der Waals surface area contributed by atoms with Crippen molar-refractivity contribution in [2.75, 3.05) is 58.1 Å². The minimum Gasteiger partial charge on any atom is -0.378 e. The van der Waals surface area contributed by atoms with E-state index < -0.39 is 77.5 Å². The van der Waals surface area contributed by atoms with Crippen molar-refractivity contribution in [3.05, 3.63) is 215 Å². The molecule has 21 heteroatoms. The molecule has 1 aliphatic rings. The zero-order valence-corrected chi connectivity index (χ0v) is 41.2. The number of carbonyl (C=O) groups is 6. The first kappa shape index (κ1) is 52.5. The van der Waals surface area contributed by atoms with Gasteiger partial charge in [0.2, 0.25) is 0 Å². The first-order chi connectivity index (χ1) is 34.7. The van der Waals surface area contributed by atoms with Crippen LogP contribution in [-0.4, -0.2) is 109 Å². The summed E-state index contributed by atoms with van der Waals surface area (Å²) < 4.78 is 78.1. The molecule has 0 saturated carbocycles. The molecule has 0 aromatic heterocycles. The Kier molecular flexibility index (Phi) is 18.0. The van der Waals surface area contributed by atoms with Gasteiger partial charge in [-0.2, -0.15) is 0 Å². The second kappa shape index (κ2) is 24.7. The van der Waals surface area contributed by atoms with Crippen LogP contribution in [0.5, 0.6) is 0 Å². The van der Waals surface area contributed by atoms with Gasteiger partial charge in [-0.25, -0.2) is 42.5 Å². The molecule has 0 radical (unpaired) electrons.